The van der Waals surface area contributed by atoms with Crippen LogP contribution >= 0.6 is 0 Å². The fourth-order valence-electron chi connectivity index (χ4n) is 3.00. The number of hydrogen-bond acceptors (Lipinski definition) is 4. The molecular weight excluding hydrogens is 376 g/mol. The number of para-hydroxylation sites is 1. The van der Waals surface area contributed by atoms with E-state index in [1.165, 1.54) is 22.5 Å². The molecule has 0 saturated carbocycles. The number of nitrogens with zero attached hydrogens (tertiary/aromatic N) is 2. The smallest absolute Gasteiger partial charge is 0.259 e. The van der Waals surface area contributed by atoms with Crippen LogP contribution < -0.4 is 4.31 Å². The molecule has 0 saturated heterocycles. The quantitative estimate of drug-likeness (QED) is 0.440. The Hall–Kier alpha value is -3.19. The first-order valence-electron chi connectivity index (χ1n) is 8.71. The first-order chi connectivity index (χ1) is 13.3. The third kappa shape index (κ3) is 3.89. The average Bonchev–Trinajstić information content (AvgIpc) is 2.69. The summed E-state index contributed by atoms with van der Waals surface area (Å²) in [6.07, 6.45) is 0. The van der Waals surface area contributed by atoms with Crippen LogP contribution in [0.15, 0.2) is 83.8 Å². The maximum Gasteiger partial charge on any atom is 0.270 e. The van der Waals surface area contributed by atoms with Crippen LogP contribution in [-0.2, 0) is 10.0 Å². The summed E-state index contributed by atoms with van der Waals surface area (Å²) in [4.78, 5) is 10.4. The first kappa shape index (κ1) is 19.6. The Kier molecular flexibility index (Phi) is 5.46. The van der Waals surface area contributed by atoms with Gasteiger partial charge in [0.1, 0.15) is 0 Å². The van der Waals surface area contributed by atoms with Gasteiger partial charge in [0, 0.05) is 12.1 Å². The van der Waals surface area contributed by atoms with Gasteiger partial charge >= 0.3 is 0 Å². The standard InChI is InChI=1S/C21H20N2O4S/c1-16-11-13-18(14-12-16)17(2)22(19-7-4-3-5-8-19)28(26,27)21-10-6-9-20(15-21)23(24)25/h3-15,17H,1-2H3/t17-/m0/s1. The number of rotatable bonds is 6. The van der Waals surface area contributed by atoms with Crippen molar-refractivity contribution in [2.75, 3.05) is 4.31 Å². The van der Waals surface area contributed by atoms with Crippen LogP contribution in [-0.4, -0.2) is 13.3 Å². The fourth-order valence-corrected chi connectivity index (χ4v) is 4.68. The van der Waals surface area contributed by atoms with Gasteiger partial charge in [0.25, 0.3) is 15.7 Å². The van der Waals surface area contributed by atoms with E-state index < -0.39 is 21.0 Å². The molecule has 0 fully saturated rings. The van der Waals surface area contributed by atoms with Crippen molar-refractivity contribution in [1.82, 2.24) is 0 Å². The summed E-state index contributed by atoms with van der Waals surface area (Å²) in [7, 11) is -4.04. The Morgan fingerprint density at radius 1 is 0.929 bits per heavy atom. The van der Waals surface area contributed by atoms with E-state index in [-0.39, 0.29) is 10.6 Å². The number of benzene rings is 3. The highest BCUT2D eigenvalue weighted by molar-refractivity contribution is 7.92. The van der Waals surface area contributed by atoms with Crippen molar-refractivity contribution < 1.29 is 13.3 Å². The minimum atomic E-state index is -4.04. The second kappa shape index (κ2) is 7.82. The van der Waals surface area contributed by atoms with E-state index in [4.69, 9.17) is 0 Å². The summed E-state index contributed by atoms with van der Waals surface area (Å²) in [5.74, 6) is 0. The third-order valence-corrected chi connectivity index (χ3v) is 6.40. The van der Waals surface area contributed by atoms with Crippen molar-refractivity contribution in [2.45, 2.75) is 24.8 Å². The van der Waals surface area contributed by atoms with Crippen molar-refractivity contribution in [1.29, 1.82) is 0 Å². The molecular formula is C21H20N2O4S. The Labute approximate surface area is 164 Å². The topological polar surface area (TPSA) is 80.5 Å². The highest BCUT2D eigenvalue weighted by atomic mass is 32.2. The maximum atomic E-state index is 13.5. The lowest BCUT2D eigenvalue weighted by molar-refractivity contribution is -0.385. The van der Waals surface area contributed by atoms with Crippen LogP contribution in [0, 0.1) is 17.0 Å². The van der Waals surface area contributed by atoms with Gasteiger partial charge in [-0.3, -0.25) is 14.4 Å². The highest BCUT2D eigenvalue weighted by Gasteiger charge is 2.31. The molecule has 0 aliphatic carbocycles. The zero-order valence-corrected chi connectivity index (χ0v) is 16.3. The second-order valence-corrected chi connectivity index (χ2v) is 8.29. The largest absolute Gasteiger partial charge is 0.270 e. The molecule has 28 heavy (non-hydrogen) atoms. The average molecular weight is 396 g/mol. The normalized spacial score (nSPS) is 12.4. The molecule has 3 aromatic carbocycles. The monoisotopic (exact) mass is 396 g/mol. The van der Waals surface area contributed by atoms with Crippen molar-refractivity contribution in [2.24, 2.45) is 0 Å². The van der Waals surface area contributed by atoms with Crippen molar-refractivity contribution in [3.8, 4) is 0 Å². The molecule has 0 spiro atoms. The number of sulfonamides is 1. The molecule has 0 amide bonds. The predicted octanol–water partition coefficient (Wildman–Crippen LogP) is 4.86. The second-order valence-electron chi connectivity index (χ2n) is 6.48. The molecule has 3 rings (SSSR count). The van der Waals surface area contributed by atoms with Gasteiger partial charge < -0.3 is 0 Å². The molecule has 0 heterocycles. The number of anilines is 1. The Morgan fingerprint density at radius 2 is 1.57 bits per heavy atom. The van der Waals surface area contributed by atoms with E-state index in [1.807, 2.05) is 31.2 Å². The molecule has 0 aliphatic heterocycles. The summed E-state index contributed by atoms with van der Waals surface area (Å²) in [6, 6.07) is 21.0. The van der Waals surface area contributed by atoms with Crippen molar-refractivity contribution >= 4 is 21.4 Å². The maximum absolute atomic E-state index is 13.5. The number of hydrogen-bond donors (Lipinski definition) is 0. The minimum absolute atomic E-state index is 0.121. The Balaban J connectivity index is 2.14. The molecule has 7 heteroatoms. The molecule has 1 atom stereocenters. The third-order valence-electron chi connectivity index (χ3n) is 4.51. The van der Waals surface area contributed by atoms with Crippen LogP contribution in [0.2, 0.25) is 0 Å². The van der Waals surface area contributed by atoms with Gasteiger partial charge in [-0.25, -0.2) is 8.42 Å². The van der Waals surface area contributed by atoms with E-state index >= 15 is 0 Å². The summed E-state index contributed by atoms with van der Waals surface area (Å²) in [5, 5.41) is 11.1. The molecule has 0 aliphatic rings. The summed E-state index contributed by atoms with van der Waals surface area (Å²) < 4.78 is 28.3. The molecule has 0 bridgehead atoms. The Morgan fingerprint density at radius 3 is 2.18 bits per heavy atom. The summed E-state index contributed by atoms with van der Waals surface area (Å²) in [5.41, 5.74) is 2.12. The van der Waals surface area contributed by atoms with Gasteiger partial charge in [0.05, 0.1) is 21.5 Å². The van der Waals surface area contributed by atoms with Gasteiger partial charge in [0.15, 0.2) is 0 Å². The number of non-ortho nitro benzene ring substituents is 1. The summed E-state index contributed by atoms with van der Waals surface area (Å²) >= 11 is 0. The van der Waals surface area contributed by atoms with Gasteiger partial charge in [0.2, 0.25) is 0 Å². The minimum Gasteiger partial charge on any atom is -0.259 e. The zero-order chi connectivity index (χ0) is 20.3. The molecule has 3 aromatic rings. The fraction of sp³-hybridized carbons (Fsp3) is 0.143. The number of nitro benzene ring substituents is 1. The predicted molar refractivity (Wildman–Crippen MR) is 109 cm³/mol. The molecule has 0 aromatic heterocycles. The number of nitro groups is 1. The van der Waals surface area contributed by atoms with Gasteiger partial charge in [-0.2, -0.15) is 0 Å². The highest BCUT2D eigenvalue weighted by Crippen LogP contribution is 2.34. The Bertz CT molecular complexity index is 1080. The van der Waals surface area contributed by atoms with Gasteiger partial charge in [-0.15, -0.1) is 0 Å². The van der Waals surface area contributed by atoms with Crippen LogP contribution in [0.4, 0.5) is 11.4 Å². The van der Waals surface area contributed by atoms with Gasteiger partial charge in [-0.05, 0) is 37.6 Å². The molecule has 6 nitrogen and oxygen atoms in total. The first-order valence-corrected chi connectivity index (χ1v) is 10.2. The lowest BCUT2D eigenvalue weighted by Crippen LogP contribution is -2.33. The molecule has 0 radical (unpaired) electrons. The zero-order valence-electron chi connectivity index (χ0n) is 15.5. The number of aryl methyl sites for hydroxylation is 1. The summed E-state index contributed by atoms with van der Waals surface area (Å²) in [6.45, 7) is 3.76. The van der Waals surface area contributed by atoms with Crippen LogP contribution in [0.1, 0.15) is 24.1 Å². The molecule has 0 unspecified atom stereocenters. The van der Waals surface area contributed by atoms with Crippen molar-refractivity contribution in [3.63, 3.8) is 0 Å². The van der Waals surface area contributed by atoms with E-state index in [0.29, 0.717) is 5.69 Å². The lowest BCUT2D eigenvalue weighted by atomic mass is 10.1. The van der Waals surface area contributed by atoms with Crippen LogP contribution in [0.5, 0.6) is 0 Å². The molecule has 144 valence electrons. The van der Waals surface area contributed by atoms with E-state index in [9.17, 15) is 18.5 Å². The van der Waals surface area contributed by atoms with Gasteiger partial charge in [-0.1, -0.05) is 54.1 Å². The van der Waals surface area contributed by atoms with Crippen LogP contribution in [0.3, 0.4) is 0 Å². The SMILES string of the molecule is Cc1ccc([C@H](C)N(c2ccccc2)S(=O)(=O)c2cccc([N+](=O)[O-])c2)cc1. The lowest BCUT2D eigenvalue weighted by Gasteiger charge is -2.31. The van der Waals surface area contributed by atoms with Crippen molar-refractivity contribution in [3.05, 3.63) is 100 Å². The van der Waals surface area contributed by atoms with E-state index in [1.54, 1.807) is 37.3 Å². The molecule has 0 N–H and O–H groups in total. The van der Waals surface area contributed by atoms with Crippen LogP contribution in [0.25, 0.3) is 0 Å². The van der Waals surface area contributed by atoms with E-state index in [2.05, 4.69) is 0 Å². The van der Waals surface area contributed by atoms with E-state index in [0.717, 1.165) is 17.2 Å².